The highest BCUT2D eigenvalue weighted by atomic mass is 16.5. The van der Waals surface area contributed by atoms with Gasteiger partial charge in [0.1, 0.15) is 0 Å². The molecule has 15 heavy (non-hydrogen) atoms. The summed E-state index contributed by atoms with van der Waals surface area (Å²) in [5, 5.41) is 11.9. The zero-order valence-corrected chi connectivity index (χ0v) is 9.37. The van der Waals surface area contributed by atoms with Crippen LogP contribution in [0.2, 0.25) is 0 Å². The standard InChI is InChI=1S/C11H21NO3/c1-2-5-15-10-6-9(7-12-8-10)3-4-11(13)14/h9-10,12H,2-8H2,1H3,(H,13,14). The van der Waals surface area contributed by atoms with Gasteiger partial charge in [-0.2, -0.15) is 0 Å². The van der Waals surface area contributed by atoms with Gasteiger partial charge in [-0.3, -0.25) is 4.79 Å². The molecule has 0 amide bonds. The van der Waals surface area contributed by atoms with E-state index in [0.717, 1.165) is 39.0 Å². The van der Waals surface area contributed by atoms with Crippen LogP contribution < -0.4 is 5.32 Å². The maximum absolute atomic E-state index is 10.4. The highest BCUT2D eigenvalue weighted by Gasteiger charge is 2.22. The van der Waals surface area contributed by atoms with Crippen molar-refractivity contribution in [3.8, 4) is 0 Å². The van der Waals surface area contributed by atoms with Crippen LogP contribution in [-0.2, 0) is 9.53 Å². The van der Waals surface area contributed by atoms with E-state index < -0.39 is 5.97 Å². The van der Waals surface area contributed by atoms with Crippen LogP contribution in [0.25, 0.3) is 0 Å². The van der Waals surface area contributed by atoms with Gasteiger partial charge in [0, 0.05) is 19.6 Å². The number of rotatable bonds is 6. The molecule has 1 fully saturated rings. The topological polar surface area (TPSA) is 58.6 Å². The summed E-state index contributed by atoms with van der Waals surface area (Å²) < 4.78 is 5.66. The van der Waals surface area contributed by atoms with Crippen molar-refractivity contribution in [2.24, 2.45) is 5.92 Å². The lowest BCUT2D eigenvalue weighted by atomic mass is 9.93. The molecule has 2 atom stereocenters. The van der Waals surface area contributed by atoms with E-state index in [1.807, 2.05) is 0 Å². The molecule has 0 bridgehead atoms. The monoisotopic (exact) mass is 215 g/mol. The minimum atomic E-state index is -0.702. The van der Waals surface area contributed by atoms with Crippen molar-refractivity contribution in [3.05, 3.63) is 0 Å². The maximum atomic E-state index is 10.4. The summed E-state index contributed by atoms with van der Waals surface area (Å²) in [5.74, 6) is -0.247. The van der Waals surface area contributed by atoms with Gasteiger partial charge in [0.15, 0.2) is 0 Å². The van der Waals surface area contributed by atoms with Gasteiger partial charge in [-0.05, 0) is 31.7 Å². The van der Waals surface area contributed by atoms with E-state index in [2.05, 4.69) is 12.2 Å². The fourth-order valence-electron chi connectivity index (χ4n) is 1.95. The molecule has 88 valence electrons. The van der Waals surface area contributed by atoms with Crippen molar-refractivity contribution >= 4 is 5.97 Å². The van der Waals surface area contributed by atoms with Crippen molar-refractivity contribution in [3.63, 3.8) is 0 Å². The van der Waals surface area contributed by atoms with Gasteiger partial charge in [-0.15, -0.1) is 0 Å². The third-order valence-electron chi connectivity index (χ3n) is 2.73. The molecule has 1 heterocycles. The molecule has 4 nitrogen and oxygen atoms in total. The van der Waals surface area contributed by atoms with E-state index in [1.54, 1.807) is 0 Å². The number of carboxylic acid groups (broad SMARTS) is 1. The van der Waals surface area contributed by atoms with Crippen LogP contribution in [0.3, 0.4) is 0 Å². The van der Waals surface area contributed by atoms with E-state index in [9.17, 15) is 4.79 Å². The lowest BCUT2D eigenvalue weighted by Crippen LogP contribution is -2.41. The summed E-state index contributed by atoms with van der Waals surface area (Å²) in [4.78, 5) is 10.4. The smallest absolute Gasteiger partial charge is 0.303 e. The number of carboxylic acids is 1. The average Bonchev–Trinajstić information content (AvgIpc) is 2.24. The van der Waals surface area contributed by atoms with Crippen molar-refractivity contribution in [2.75, 3.05) is 19.7 Å². The molecule has 0 aromatic carbocycles. The first-order valence-corrected chi connectivity index (χ1v) is 5.76. The number of aliphatic carboxylic acids is 1. The normalized spacial score (nSPS) is 26.5. The highest BCUT2D eigenvalue weighted by molar-refractivity contribution is 5.66. The maximum Gasteiger partial charge on any atom is 0.303 e. The first kappa shape index (κ1) is 12.5. The molecule has 2 unspecified atom stereocenters. The summed E-state index contributed by atoms with van der Waals surface area (Å²) in [7, 11) is 0. The molecule has 0 aromatic rings. The number of ether oxygens (including phenoxy) is 1. The molecule has 1 aliphatic heterocycles. The summed E-state index contributed by atoms with van der Waals surface area (Å²) in [6.45, 7) is 4.74. The summed E-state index contributed by atoms with van der Waals surface area (Å²) in [6.07, 6.45) is 3.34. The predicted octanol–water partition coefficient (Wildman–Crippen LogP) is 1.26. The van der Waals surface area contributed by atoms with Crippen molar-refractivity contribution < 1.29 is 14.6 Å². The van der Waals surface area contributed by atoms with Crippen LogP contribution in [-0.4, -0.2) is 36.9 Å². The Labute approximate surface area is 91.0 Å². The molecule has 1 saturated heterocycles. The molecule has 1 aliphatic rings. The Morgan fingerprint density at radius 1 is 1.53 bits per heavy atom. The van der Waals surface area contributed by atoms with E-state index in [-0.39, 0.29) is 12.5 Å². The average molecular weight is 215 g/mol. The zero-order chi connectivity index (χ0) is 11.1. The van der Waals surface area contributed by atoms with Gasteiger partial charge in [0.05, 0.1) is 6.10 Å². The molecule has 4 heteroatoms. The Morgan fingerprint density at radius 2 is 2.33 bits per heavy atom. The molecule has 0 radical (unpaired) electrons. The van der Waals surface area contributed by atoms with E-state index in [0.29, 0.717) is 5.92 Å². The van der Waals surface area contributed by atoms with Gasteiger partial charge in [0.25, 0.3) is 0 Å². The van der Waals surface area contributed by atoms with Gasteiger partial charge in [0.2, 0.25) is 0 Å². The molecule has 2 N–H and O–H groups in total. The Balaban J connectivity index is 2.19. The highest BCUT2D eigenvalue weighted by Crippen LogP contribution is 2.18. The fraction of sp³-hybridized carbons (Fsp3) is 0.909. The molecular formula is C11H21NO3. The molecule has 0 saturated carbocycles. The number of piperidine rings is 1. The van der Waals surface area contributed by atoms with Crippen molar-refractivity contribution in [1.82, 2.24) is 5.32 Å². The minimum absolute atomic E-state index is 0.271. The second kappa shape index (κ2) is 6.80. The zero-order valence-electron chi connectivity index (χ0n) is 9.37. The van der Waals surface area contributed by atoms with E-state index >= 15 is 0 Å². The van der Waals surface area contributed by atoms with Gasteiger partial charge >= 0.3 is 5.97 Å². The number of carbonyl (C=O) groups is 1. The number of hydrogen-bond acceptors (Lipinski definition) is 3. The van der Waals surface area contributed by atoms with Gasteiger partial charge in [-0.25, -0.2) is 0 Å². The Kier molecular flexibility index (Phi) is 5.65. The Morgan fingerprint density at radius 3 is 3.00 bits per heavy atom. The first-order chi connectivity index (χ1) is 7.22. The SMILES string of the molecule is CCCOC1CNCC(CCC(=O)O)C1. The number of nitrogens with one attached hydrogen (secondary N) is 1. The first-order valence-electron chi connectivity index (χ1n) is 5.76. The number of hydrogen-bond donors (Lipinski definition) is 2. The molecule has 0 aromatic heterocycles. The van der Waals surface area contributed by atoms with Crippen LogP contribution in [0.4, 0.5) is 0 Å². The van der Waals surface area contributed by atoms with Crippen LogP contribution in [0.5, 0.6) is 0 Å². The van der Waals surface area contributed by atoms with Gasteiger partial charge < -0.3 is 15.2 Å². The quantitative estimate of drug-likeness (QED) is 0.700. The van der Waals surface area contributed by atoms with E-state index in [1.165, 1.54) is 0 Å². The minimum Gasteiger partial charge on any atom is -0.481 e. The van der Waals surface area contributed by atoms with Crippen LogP contribution in [0.15, 0.2) is 0 Å². The third kappa shape index (κ3) is 5.14. The lowest BCUT2D eigenvalue weighted by Gasteiger charge is -2.29. The molecular weight excluding hydrogens is 194 g/mol. The Bertz CT molecular complexity index is 196. The summed E-state index contributed by atoms with van der Waals surface area (Å²) in [6, 6.07) is 0. The van der Waals surface area contributed by atoms with Crippen molar-refractivity contribution in [1.29, 1.82) is 0 Å². The summed E-state index contributed by atoms with van der Waals surface area (Å²) >= 11 is 0. The molecule has 0 spiro atoms. The molecule has 1 rings (SSSR count). The van der Waals surface area contributed by atoms with E-state index in [4.69, 9.17) is 9.84 Å². The van der Waals surface area contributed by atoms with Crippen LogP contribution in [0.1, 0.15) is 32.6 Å². The van der Waals surface area contributed by atoms with Crippen LogP contribution >= 0.6 is 0 Å². The van der Waals surface area contributed by atoms with Crippen LogP contribution in [0, 0.1) is 5.92 Å². The van der Waals surface area contributed by atoms with Crippen molar-refractivity contribution in [2.45, 2.75) is 38.7 Å². The molecule has 0 aliphatic carbocycles. The fourth-order valence-corrected chi connectivity index (χ4v) is 1.95. The third-order valence-corrected chi connectivity index (χ3v) is 2.73. The summed E-state index contributed by atoms with van der Waals surface area (Å²) in [5.41, 5.74) is 0. The predicted molar refractivity (Wildman–Crippen MR) is 57.9 cm³/mol. The largest absolute Gasteiger partial charge is 0.481 e. The Hall–Kier alpha value is -0.610. The second-order valence-electron chi connectivity index (χ2n) is 4.19. The second-order valence-corrected chi connectivity index (χ2v) is 4.19. The van der Waals surface area contributed by atoms with Gasteiger partial charge in [-0.1, -0.05) is 6.92 Å². The lowest BCUT2D eigenvalue weighted by molar-refractivity contribution is -0.137.